The summed E-state index contributed by atoms with van der Waals surface area (Å²) in [6.07, 6.45) is 4.66. The van der Waals surface area contributed by atoms with Crippen LogP contribution in [0.15, 0.2) is 30.5 Å². The first kappa shape index (κ1) is 11.0. The SMILES string of the molecule is COC(=O)C=Cc1ccc2[nH]cc(C#N)c2c1. The molecule has 0 bridgehead atoms. The highest BCUT2D eigenvalue weighted by Gasteiger charge is 2.02. The van der Waals surface area contributed by atoms with E-state index in [0.29, 0.717) is 5.56 Å². The van der Waals surface area contributed by atoms with Gasteiger partial charge in [0.15, 0.2) is 0 Å². The number of esters is 1. The second-order valence-electron chi connectivity index (χ2n) is 3.48. The molecule has 0 atom stereocenters. The van der Waals surface area contributed by atoms with Gasteiger partial charge >= 0.3 is 5.97 Å². The van der Waals surface area contributed by atoms with Crippen molar-refractivity contribution in [2.45, 2.75) is 0 Å². The minimum absolute atomic E-state index is 0.403. The van der Waals surface area contributed by atoms with Gasteiger partial charge in [0.25, 0.3) is 0 Å². The fourth-order valence-electron chi connectivity index (χ4n) is 1.57. The van der Waals surface area contributed by atoms with Crippen LogP contribution in [0.1, 0.15) is 11.1 Å². The largest absolute Gasteiger partial charge is 0.466 e. The zero-order valence-corrected chi connectivity index (χ0v) is 9.23. The van der Waals surface area contributed by atoms with Crippen LogP contribution in [0, 0.1) is 11.3 Å². The normalized spacial score (nSPS) is 10.6. The Labute approximate surface area is 98.1 Å². The minimum atomic E-state index is -0.403. The lowest BCUT2D eigenvalue weighted by atomic mass is 10.1. The lowest BCUT2D eigenvalue weighted by Gasteiger charge is -1.95. The highest BCUT2D eigenvalue weighted by molar-refractivity contribution is 5.90. The summed E-state index contributed by atoms with van der Waals surface area (Å²) >= 11 is 0. The average Bonchev–Trinajstić information content (AvgIpc) is 2.78. The predicted octanol–water partition coefficient (Wildman–Crippen LogP) is 2.23. The van der Waals surface area contributed by atoms with Crippen LogP contribution in [-0.4, -0.2) is 18.1 Å². The van der Waals surface area contributed by atoms with Gasteiger partial charge in [-0.25, -0.2) is 4.79 Å². The lowest BCUT2D eigenvalue weighted by molar-refractivity contribution is -0.134. The summed E-state index contributed by atoms with van der Waals surface area (Å²) in [5.41, 5.74) is 2.34. The molecule has 1 heterocycles. The molecular weight excluding hydrogens is 216 g/mol. The Kier molecular flexibility index (Phi) is 2.93. The lowest BCUT2D eigenvalue weighted by Crippen LogP contribution is -1.93. The molecule has 1 aromatic carbocycles. The van der Waals surface area contributed by atoms with Crippen molar-refractivity contribution in [1.29, 1.82) is 5.26 Å². The summed E-state index contributed by atoms with van der Waals surface area (Å²) in [7, 11) is 1.33. The van der Waals surface area contributed by atoms with Gasteiger partial charge in [-0.1, -0.05) is 6.07 Å². The van der Waals surface area contributed by atoms with Crippen molar-refractivity contribution >= 4 is 22.9 Å². The molecule has 0 amide bonds. The number of fused-ring (bicyclic) bond motifs is 1. The van der Waals surface area contributed by atoms with E-state index < -0.39 is 5.97 Å². The number of hydrogen-bond acceptors (Lipinski definition) is 3. The third-order valence-corrected chi connectivity index (χ3v) is 2.44. The Morgan fingerprint density at radius 3 is 3.06 bits per heavy atom. The van der Waals surface area contributed by atoms with Crippen molar-refractivity contribution in [3.8, 4) is 6.07 Å². The van der Waals surface area contributed by atoms with Gasteiger partial charge in [0, 0.05) is 23.2 Å². The van der Waals surface area contributed by atoms with Crippen molar-refractivity contribution in [1.82, 2.24) is 4.98 Å². The molecule has 2 aromatic rings. The second-order valence-corrected chi connectivity index (χ2v) is 3.48. The van der Waals surface area contributed by atoms with Gasteiger partial charge in [-0.05, 0) is 23.8 Å². The van der Waals surface area contributed by atoms with Crippen LogP contribution in [0.4, 0.5) is 0 Å². The molecule has 0 saturated heterocycles. The summed E-state index contributed by atoms with van der Waals surface area (Å²) in [6, 6.07) is 7.69. The zero-order valence-electron chi connectivity index (χ0n) is 9.23. The van der Waals surface area contributed by atoms with E-state index in [1.165, 1.54) is 13.2 Å². The standard InChI is InChI=1S/C13H10N2O2/c1-17-13(16)5-3-9-2-4-12-11(6-9)10(7-14)8-15-12/h2-6,8,15H,1H3. The first-order valence-electron chi connectivity index (χ1n) is 5.02. The van der Waals surface area contributed by atoms with Gasteiger partial charge in [0.05, 0.1) is 12.7 Å². The maximum atomic E-state index is 11.0. The van der Waals surface area contributed by atoms with Gasteiger partial charge in [-0.3, -0.25) is 0 Å². The Bertz CT molecular complexity index is 632. The molecule has 0 fully saturated rings. The number of rotatable bonds is 2. The molecule has 4 nitrogen and oxygen atoms in total. The number of carbonyl (C=O) groups excluding carboxylic acids is 1. The van der Waals surface area contributed by atoms with Gasteiger partial charge < -0.3 is 9.72 Å². The van der Waals surface area contributed by atoms with E-state index in [1.807, 2.05) is 18.2 Å². The van der Waals surface area contributed by atoms with E-state index in [9.17, 15) is 4.79 Å². The highest BCUT2D eigenvalue weighted by Crippen LogP contribution is 2.19. The number of hydrogen-bond donors (Lipinski definition) is 1. The first-order valence-corrected chi connectivity index (χ1v) is 5.02. The molecule has 17 heavy (non-hydrogen) atoms. The van der Waals surface area contributed by atoms with Crippen molar-refractivity contribution in [2.24, 2.45) is 0 Å². The van der Waals surface area contributed by atoms with Crippen molar-refractivity contribution in [2.75, 3.05) is 7.11 Å². The maximum absolute atomic E-state index is 11.0. The number of benzene rings is 1. The van der Waals surface area contributed by atoms with Gasteiger partial charge in [-0.15, -0.1) is 0 Å². The number of aromatic nitrogens is 1. The van der Waals surface area contributed by atoms with Gasteiger partial charge in [0.1, 0.15) is 6.07 Å². The summed E-state index contributed by atoms with van der Waals surface area (Å²) in [4.78, 5) is 14.0. The molecule has 0 unspecified atom stereocenters. The second kappa shape index (κ2) is 4.54. The molecule has 0 spiro atoms. The van der Waals surface area contributed by atoms with Crippen molar-refractivity contribution < 1.29 is 9.53 Å². The number of carbonyl (C=O) groups is 1. The predicted molar refractivity (Wildman–Crippen MR) is 64.1 cm³/mol. The number of nitrogens with one attached hydrogen (secondary N) is 1. The van der Waals surface area contributed by atoms with Crippen LogP contribution in [-0.2, 0) is 9.53 Å². The van der Waals surface area contributed by atoms with Crippen LogP contribution < -0.4 is 0 Å². The molecule has 0 saturated carbocycles. The van der Waals surface area contributed by atoms with Gasteiger partial charge in [0.2, 0.25) is 0 Å². The van der Waals surface area contributed by atoms with E-state index in [4.69, 9.17) is 5.26 Å². The fraction of sp³-hybridized carbons (Fsp3) is 0.0769. The van der Waals surface area contributed by atoms with E-state index in [2.05, 4.69) is 15.8 Å². The van der Waals surface area contributed by atoms with Crippen LogP contribution in [0.3, 0.4) is 0 Å². The van der Waals surface area contributed by atoms with Crippen molar-refractivity contribution in [3.05, 3.63) is 41.6 Å². The number of ether oxygens (including phenoxy) is 1. The molecule has 0 aliphatic carbocycles. The molecule has 0 aliphatic heterocycles. The Morgan fingerprint density at radius 2 is 2.35 bits per heavy atom. The molecule has 2 rings (SSSR count). The number of nitriles is 1. The third kappa shape index (κ3) is 2.18. The highest BCUT2D eigenvalue weighted by atomic mass is 16.5. The summed E-state index contributed by atoms with van der Waals surface area (Å²) < 4.78 is 4.51. The number of nitrogens with zero attached hydrogens (tertiary/aromatic N) is 1. The molecule has 1 N–H and O–H groups in total. The van der Waals surface area contributed by atoms with Gasteiger partial charge in [-0.2, -0.15) is 5.26 Å². The molecular formula is C13H10N2O2. The van der Waals surface area contributed by atoms with E-state index in [0.717, 1.165) is 16.5 Å². The first-order chi connectivity index (χ1) is 8.24. The summed E-state index contributed by atoms with van der Waals surface area (Å²) in [5.74, 6) is -0.403. The quantitative estimate of drug-likeness (QED) is 0.630. The van der Waals surface area contributed by atoms with E-state index in [1.54, 1.807) is 12.3 Å². The Morgan fingerprint density at radius 1 is 1.53 bits per heavy atom. The Hall–Kier alpha value is -2.54. The molecule has 0 aliphatic rings. The Balaban J connectivity index is 2.40. The minimum Gasteiger partial charge on any atom is -0.466 e. The third-order valence-electron chi connectivity index (χ3n) is 2.44. The fourth-order valence-corrected chi connectivity index (χ4v) is 1.57. The number of methoxy groups -OCH3 is 1. The molecule has 84 valence electrons. The van der Waals surface area contributed by atoms with Crippen LogP contribution in [0.5, 0.6) is 0 Å². The van der Waals surface area contributed by atoms with E-state index >= 15 is 0 Å². The van der Waals surface area contributed by atoms with Crippen molar-refractivity contribution in [3.63, 3.8) is 0 Å². The summed E-state index contributed by atoms with van der Waals surface area (Å²) in [5, 5.41) is 9.76. The van der Waals surface area contributed by atoms with Crippen LogP contribution >= 0.6 is 0 Å². The average molecular weight is 226 g/mol. The number of H-pyrrole nitrogens is 1. The molecule has 0 radical (unpaired) electrons. The maximum Gasteiger partial charge on any atom is 0.330 e. The molecule has 4 heteroatoms. The van der Waals surface area contributed by atoms with E-state index in [-0.39, 0.29) is 0 Å². The van der Waals surface area contributed by atoms with Crippen LogP contribution in [0.25, 0.3) is 17.0 Å². The zero-order chi connectivity index (χ0) is 12.3. The van der Waals surface area contributed by atoms with Crippen LogP contribution in [0.2, 0.25) is 0 Å². The number of aromatic amines is 1. The topological polar surface area (TPSA) is 65.9 Å². The summed E-state index contributed by atoms with van der Waals surface area (Å²) in [6.45, 7) is 0. The smallest absolute Gasteiger partial charge is 0.330 e. The monoisotopic (exact) mass is 226 g/mol. The molecule has 1 aromatic heterocycles.